The first-order chi connectivity index (χ1) is 8.57. The maximum absolute atomic E-state index is 13.7. The average Bonchev–Trinajstić information content (AvgIpc) is 2.75. The van der Waals surface area contributed by atoms with E-state index in [4.69, 9.17) is 5.73 Å². The van der Waals surface area contributed by atoms with Crippen LogP contribution in [-0.4, -0.2) is 35.0 Å². The van der Waals surface area contributed by atoms with Crippen molar-refractivity contribution >= 4 is 11.8 Å². The summed E-state index contributed by atoms with van der Waals surface area (Å²) in [5.74, 6) is 0.908. The number of hydrogen-bond acceptors (Lipinski definition) is 3. The second kappa shape index (κ2) is 5.59. The first-order valence-corrected chi connectivity index (χ1v) is 7.38. The van der Waals surface area contributed by atoms with Crippen LogP contribution in [0.4, 0.5) is 4.39 Å². The zero-order valence-corrected chi connectivity index (χ0v) is 11.8. The van der Waals surface area contributed by atoms with Crippen molar-refractivity contribution in [3.8, 4) is 0 Å². The van der Waals surface area contributed by atoms with Crippen LogP contribution in [0.5, 0.6) is 0 Å². The van der Waals surface area contributed by atoms with Crippen molar-refractivity contribution in [2.75, 3.05) is 19.3 Å². The molecular formula is C14H21FN2S. The highest BCUT2D eigenvalue weighted by Crippen LogP contribution is 2.38. The first-order valence-electron chi connectivity index (χ1n) is 6.34. The monoisotopic (exact) mass is 268 g/mol. The van der Waals surface area contributed by atoms with E-state index in [2.05, 4.69) is 18.9 Å². The first kappa shape index (κ1) is 13.8. The Balaban J connectivity index is 2.11. The predicted octanol–water partition coefficient (Wildman–Crippen LogP) is 2.48. The molecule has 2 N–H and O–H groups in total. The molecule has 1 aromatic carbocycles. The second-order valence-electron chi connectivity index (χ2n) is 5.20. The highest BCUT2D eigenvalue weighted by Gasteiger charge is 2.40. The number of nitrogens with two attached hydrogens (primary N) is 1. The molecule has 100 valence electrons. The molecule has 1 saturated heterocycles. The second-order valence-corrected chi connectivity index (χ2v) is 6.63. The molecule has 1 fully saturated rings. The van der Waals surface area contributed by atoms with Gasteiger partial charge >= 0.3 is 0 Å². The molecule has 0 radical (unpaired) electrons. The summed E-state index contributed by atoms with van der Waals surface area (Å²) in [6.07, 6.45) is 1.08. The number of thioether (sulfide) groups is 1. The molecule has 1 heterocycles. The van der Waals surface area contributed by atoms with Crippen LogP contribution in [0, 0.1) is 5.82 Å². The minimum absolute atomic E-state index is 0.0202. The molecule has 2 unspecified atom stereocenters. The largest absolute Gasteiger partial charge is 0.329 e. The van der Waals surface area contributed by atoms with E-state index >= 15 is 0 Å². The molecular weight excluding hydrogens is 247 g/mol. The fraction of sp³-hybridized carbons (Fsp3) is 0.571. The number of rotatable bonds is 4. The minimum atomic E-state index is -0.129. The molecule has 0 bridgehead atoms. The normalized spacial score (nSPS) is 27.9. The molecule has 1 aromatic rings. The lowest BCUT2D eigenvalue weighted by Crippen LogP contribution is -2.52. The SMILES string of the molecule is CC1CC(CN)(N(C)Cc2ccccc2F)CS1. The van der Waals surface area contributed by atoms with E-state index in [1.54, 1.807) is 6.07 Å². The van der Waals surface area contributed by atoms with E-state index in [0.717, 1.165) is 17.7 Å². The van der Waals surface area contributed by atoms with Crippen LogP contribution in [0.2, 0.25) is 0 Å². The van der Waals surface area contributed by atoms with Crippen molar-refractivity contribution in [3.63, 3.8) is 0 Å². The van der Waals surface area contributed by atoms with E-state index < -0.39 is 0 Å². The Labute approximate surface area is 113 Å². The maximum Gasteiger partial charge on any atom is 0.127 e. The lowest BCUT2D eigenvalue weighted by atomic mass is 9.94. The van der Waals surface area contributed by atoms with Gasteiger partial charge in [0.15, 0.2) is 0 Å². The fourth-order valence-electron chi connectivity index (χ4n) is 2.56. The summed E-state index contributed by atoms with van der Waals surface area (Å²) < 4.78 is 13.7. The van der Waals surface area contributed by atoms with Crippen LogP contribution in [0.25, 0.3) is 0 Å². The molecule has 2 nitrogen and oxygen atoms in total. The smallest absolute Gasteiger partial charge is 0.127 e. The van der Waals surface area contributed by atoms with E-state index in [1.807, 2.05) is 23.9 Å². The van der Waals surface area contributed by atoms with Crippen molar-refractivity contribution < 1.29 is 4.39 Å². The molecule has 0 amide bonds. The summed E-state index contributed by atoms with van der Waals surface area (Å²) in [6.45, 7) is 3.49. The Morgan fingerprint density at radius 3 is 2.78 bits per heavy atom. The highest BCUT2D eigenvalue weighted by atomic mass is 32.2. The van der Waals surface area contributed by atoms with Crippen LogP contribution in [-0.2, 0) is 6.54 Å². The Hall–Kier alpha value is -0.580. The van der Waals surface area contributed by atoms with Gasteiger partial charge in [0.25, 0.3) is 0 Å². The number of benzene rings is 1. The molecule has 18 heavy (non-hydrogen) atoms. The van der Waals surface area contributed by atoms with E-state index in [-0.39, 0.29) is 11.4 Å². The summed E-state index contributed by atoms with van der Waals surface area (Å²) in [5, 5.41) is 0.636. The topological polar surface area (TPSA) is 29.3 Å². The zero-order chi connectivity index (χ0) is 13.2. The molecule has 0 aromatic heterocycles. The Bertz CT molecular complexity index is 413. The lowest BCUT2D eigenvalue weighted by molar-refractivity contribution is 0.137. The molecule has 0 saturated carbocycles. The predicted molar refractivity (Wildman–Crippen MR) is 76.2 cm³/mol. The lowest BCUT2D eigenvalue weighted by Gasteiger charge is -2.37. The molecule has 0 spiro atoms. The zero-order valence-electron chi connectivity index (χ0n) is 11.0. The van der Waals surface area contributed by atoms with Crippen LogP contribution < -0.4 is 5.73 Å². The van der Waals surface area contributed by atoms with Crippen LogP contribution in [0.3, 0.4) is 0 Å². The fourth-order valence-corrected chi connectivity index (χ4v) is 4.04. The Kier molecular flexibility index (Phi) is 4.30. The van der Waals surface area contributed by atoms with E-state index in [0.29, 0.717) is 18.3 Å². The number of hydrogen-bond donors (Lipinski definition) is 1. The van der Waals surface area contributed by atoms with Gasteiger partial charge in [0.2, 0.25) is 0 Å². The van der Waals surface area contributed by atoms with Gasteiger partial charge in [-0.15, -0.1) is 0 Å². The molecule has 1 aliphatic rings. The summed E-state index contributed by atoms with van der Waals surface area (Å²) in [4.78, 5) is 2.22. The summed E-state index contributed by atoms with van der Waals surface area (Å²) in [5.41, 5.74) is 6.74. The number of likely N-dealkylation sites (N-methyl/N-ethyl adjacent to an activating group) is 1. The van der Waals surface area contributed by atoms with Gasteiger partial charge in [0.1, 0.15) is 5.82 Å². The Morgan fingerprint density at radius 2 is 2.22 bits per heavy atom. The third kappa shape index (κ3) is 2.71. The van der Waals surface area contributed by atoms with Gasteiger partial charge in [-0.3, -0.25) is 4.90 Å². The van der Waals surface area contributed by atoms with Crippen LogP contribution in [0.1, 0.15) is 18.9 Å². The van der Waals surface area contributed by atoms with Gasteiger partial charge in [-0.25, -0.2) is 4.39 Å². The molecule has 0 aliphatic carbocycles. The molecule has 2 atom stereocenters. The van der Waals surface area contributed by atoms with Crippen LogP contribution in [0.15, 0.2) is 24.3 Å². The third-order valence-electron chi connectivity index (χ3n) is 3.86. The van der Waals surface area contributed by atoms with Gasteiger partial charge in [-0.1, -0.05) is 25.1 Å². The summed E-state index contributed by atoms with van der Waals surface area (Å²) in [7, 11) is 2.05. The standard InChI is InChI=1S/C14H21FN2S/c1-11-7-14(9-16,10-18-11)17(2)8-12-5-3-4-6-13(12)15/h3-6,11H,7-10,16H2,1-2H3. The van der Waals surface area contributed by atoms with Crippen molar-refractivity contribution in [2.45, 2.75) is 30.7 Å². The quantitative estimate of drug-likeness (QED) is 0.909. The van der Waals surface area contributed by atoms with Crippen molar-refractivity contribution in [1.82, 2.24) is 4.90 Å². The van der Waals surface area contributed by atoms with Crippen molar-refractivity contribution in [1.29, 1.82) is 0 Å². The summed E-state index contributed by atoms with van der Waals surface area (Å²) >= 11 is 1.96. The Morgan fingerprint density at radius 1 is 1.50 bits per heavy atom. The van der Waals surface area contributed by atoms with Crippen LogP contribution >= 0.6 is 11.8 Å². The van der Waals surface area contributed by atoms with Crippen molar-refractivity contribution in [2.24, 2.45) is 5.73 Å². The molecule has 1 aliphatic heterocycles. The van der Waals surface area contributed by atoms with Gasteiger partial charge in [-0.2, -0.15) is 11.8 Å². The average molecular weight is 268 g/mol. The van der Waals surface area contributed by atoms with Gasteiger partial charge in [-0.05, 0) is 19.5 Å². The maximum atomic E-state index is 13.7. The van der Waals surface area contributed by atoms with Gasteiger partial charge in [0.05, 0.1) is 0 Å². The van der Waals surface area contributed by atoms with Crippen molar-refractivity contribution in [3.05, 3.63) is 35.6 Å². The molecule has 2 rings (SSSR count). The highest BCUT2D eigenvalue weighted by molar-refractivity contribution is 8.00. The van der Waals surface area contributed by atoms with Gasteiger partial charge in [0, 0.05) is 35.2 Å². The van der Waals surface area contributed by atoms with Gasteiger partial charge < -0.3 is 5.73 Å². The summed E-state index contributed by atoms with van der Waals surface area (Å²) in [6, 6.07) is 6.98. The minimum Gasteiger partial charge on any atom is -0.329 e. The number of nitrogens with zero attached hydrogens (tertiary/aromatic N) is 1. The van der Waals surface area contributed by atoms with E-state index in [9.17, 15) is 4.39 Å². The third-order valence-corrected chi connectivity index (χ3v) is 5.30. The molecule has 4 heteroatoms. The van der Waals surface area contributed by atoms with E-state index in [1.165, 1.54) is 6.07 Å². The number of halogens is 1.